The first kappa shape index (κ1) is 15.0. The van der Waals surface area contributed by atoms with Gasteiger partial charge >= 0.3 is 0 Å². The molecular weight excluding hydrogens is 277 g/mol. The molecule has 20 heavy (non-hydrogen) atoms. The largest absolute Gasteiger partial charge is 0.339 e. The molecule has 1 atom stereocenters. The second kappa shape index (κ2) is 7.40. The normalized spacial score (nSPS) is 12.6. The Labute approximate surface area is 121 Å². The van der Waals surface area contributed by atoms with Crippen LogP contribution in [0, 0.1) is 5.82 Å². The summed E-state index contributed by atoms with van der Waals surface area (Å²) in [4.78, 5) is 5.35. The molecule has 1 aromatic heterocycles. The lowest BCUT2D eigenvalue weighted by atomic mass is 10.0. The van der Waals surface area contributed by atoms with Crippen molar-refractivity contribution in [3.8, 4) is 0 Å². The molecule has 6 heteroatoms. The molecule has 108 valence electrons. The van der Waals surface area contributed by atoms with Crippen LogP contribution in [0.5, 0.6) is 0 Å². The third-order valence-corrected chi connectivity index (χ3v) is 3.94. The van der Waals surface area contributed by atoms with E-state index in [9.17, 15) is 4.39 Å². The molecule has 0 radical (unpaired) electrons. The van der Waals surface area contributed by atoms with Gasteiger partial charge in [0.25, 0.3) is 0 Å². The number of halogens is 1. The lowest BCUT2D eigenvalue weighted by Crippen LogP contribution is -2.12. The second-order valence-electron chi connectivity index (χ2n) is 4.51. The average molecular weight is 295 g/mol. The highest BCUT2D eigenvalue weighted by Crippen LogP contribution is 2.23. The van der Waals surface area contributed by atoms with Crippen LogP contribution in [-0.2, 0) is 5.75 Å². The van der Waals surface area contributed by atoms with Gasteiger partial charge in [0, 0.05) is 11.4 Å². The highest BCUT2D eigenvalue weighted by molar-refractivity contribution is 7.98. The Bertz CT molecular complexity index is 529. The number of hydrogen-bond donors (Lipinski definition) is 1. The van der Waals surface area contributed by atoms with Crippen molar-refractivity contribution < 1.29 is 8.91 Å². The van der Waals surface area contributed by atoms with Crippen molar-refractivity contribution in [3.05, 3.63) is 41.8 Å². The van der Waals surface area contributed by atoms with E-state index < -0.39 is 0 Å². The van der Waals surface area contributed by atoms with Gasteiger partial charge < -0.3 is 10.3 Å². The first-order chi connectivity index (χ1) is 9.72. The molecule has 2 rings (SSSR count). The Morgan fingerprint density at radius 1 is 1.35 bits per heavy atom. The number of rotatable bonds is 7. The van der Waals surface area contributed by atoms with E-state index >= 15 is 0 Å². The fourth-order valence-corrected chi connectivity index (χ4v) is 2.60. The van der Waals surface area contributed by atoms with E-state index in [4.69, 9.17) is 10.3 Å². The van der Waals surface area contributed by atoms with Gasteiger partial charge in [0.2, 0.25) is 5.89 Å². The Hall–Kier alpha value is -1.40. The molecule has 2 aromatic rings. The summed E-state index contributed by atoms with van der Waals surface area (Å²) >= 11 is 1.55. The van der Waals surface area contributed by atoms with Gasteiger partial charge in [-0.1, -0.05) is 18.5 Å². The monoisotopic (exact) mass is 295 g/mol. The molecule has 0 amide bonds. The molecule has 0 saturated heterocycles. The number of benzene rings is 1. The standard InChI is InChI=1S/C14H18FN3OS/c1-2-3-10(8-16)14-17-13(18-19-14)9-20-12-6-4-11(15)5-7-12/h4-7,10H,2-3,8-9,16H2,1H3. The minimum Gasteiger partial charge on any atom is -0.339 e. The Morgan fingerprint density at radius 3 is 2.75 bits per heavy atom. The SMILES string of the molecule is CCCC(CN)c1nc(CSc2ccc(F)cc2)no1. The van der Waals surface area contributed by atoms with Crippen LogP contribution in [0.2, 0.25) is 0 Å². The summed E-state index contributed by atoms with van der Waals surface area (Å²) in [7, 11) is 0. The molecule has 0 bridgehead atoms. The van der Waals surface area contributed by atoms with Gasteiger partial charge in [-0.25, -0.2) is 4.39 Å². The van der Waals surface area contributed by atoms with Crippen LogP contribution in [0.3, 0.4) is 0 Å². The van der Waals surface area contributed by atoms with Gasteiger partial charge in [0.15, 0.2) is 5.82 Å². The number of nitrogens with zero attached hydrogens (tertiary/aromatic N) is 2. The molecule has 0 aliphatic heterocycles. The lowest BCUT2D eigenvalue weighted by Gasteiger charge is -2.06. The second-order valence-corrected chi connectivity index (χ2v) is 5.56. The molecule has 0 fully saturated rings. The van der Waals surface area contributed by atoms with Crippen LogP contribution in [0.1, 0.15) is 37.4 Å². The molecule has 1 unspecified atom stereocenters. The van der Waals surface area contributed by atoms with Gasteiger partial charge in [-0.2, -0.15) is 4.98 Å². The van der Waals surface area contributed by atoms with Crippen molar-refractivity contribution in [2.24, 2.45) is 5.73 Å². The van der Waals surface area contributed by atoms with Crippen LogP contribution >= 0.6 is 11.8 Å². The third-order valence-electron chi connectivity index (χ3n) is 2.94. The van der Waals surface area contributed by atoms with Crippen LogP contribution < -0.4 is 5.73 Å². The van der Waals surface area contributed by atoms with Crippen molar-refractivity contribution in [2.75, 3.05) is 6.54 Å². The maximum Gasteiger partial charge on any atom is 0.231 e. The summed E-state index contributed by atoms with van der Waals surface area (Å²) in [6.07, 6.45) is 1.98. The smallest absolute Gasteiger partial charge is 0.231 e. The maximum absolute atomic E-state index is 12.8. The third kappa shape index (κ3) is 4.05. The molecule has 2 N–H and O–H groups in total. The molecular formula is C14H18FN3OS. The summed E-state index contributed by atoms with van der Waals surface area (Å²) in [6, 6.07) is 6.35. The quantitative estimate of drug-likeness (QED) is 0.794. The Morgan fingerprint density at radius 2 is 2.10 bits per heavy atom. The van der Waals surface area contributed by atoms with E-state index in [0.29, 0.717) is 24.0 Å². The number of nitrogens with two attached hydrogens (primary N) is 1. The summed E-state index contributed by atoms with van der Waals surface area (Å²) in [5, 5.41) is 3.96. The number of thioether (sulfide) groups is 1. The van der Waals surface area contributed by atoms with Gasteiger partial charge in [0.05, 0.1) is 11.7 Å². The van der Waals surface area contributed by atoms with E-state index in [-0.39, 0.29) is 11.7 Å². The molecule has 0 aliphatic rings. The summed E-state index contributed by atoms with van der Waals surface area (Å²) in [5.41, 5.74) is 5.71. The Kier molecular flexibility index (Phi) is 5.55. The van der Waals surface area contributed by atoms with E-state index in [0.717, 1.165) is 17.7 Å². The van der Waals surface area contributed by atoms with E-state index in [1.165, 1.54) is 12.1 Å². The Balaban J connectivity index is 1.93. The fraction of sp³-hybridized carbons (Fsp3) is 0.429. The molecule has 0 aliphatic carbocycles. The zero-order valence-electron chi connectivity index (χ0n) is 11.4. The number of hydrogen-bond acceptors (Lipinski definition) is 5. The number of aromatic nitrogens is 2. The van der Waals surface area contributed by atoms with Crippen LogP contribution in [0.15, 0.2) is 33.7 Å². The first-order valence-corrected chi connectivity index (χ1v) is 7.62. The topological polar surface area (TPSA) is 64.9 Å². The summed E-state index contributed by atoms with van der Waals surface area (Å²) in [6.45, 7) is 2.62. The van der Waals surface area contributed by atoms with E-state index in [1.807, 2.05) is 0 Å². The van der Waals surface area contributed by atoms with Gasteiger partial charge in [-0.05, 0) is 30.7 Å². The van der Waals surface area contributed by atoms with Crippen molar-refractivity contribution in [3.63, 3.8) is 0 Å². The minimum absolute atomic E-state index is 0.136. The van der Waals surface area contributed by atoms with Gasteiger partial charge in [-0.3, -0.25) is 0 Å². The molecule has 0 spiro atoms. The average Bonchev–Trinajstić information content (AvgIpc) is 2.93. The van der Waals surface area contributed by atoms with Crippen molar-refractivity contribution in [1.29, 1.82) is 0 Å². The maximum atomic E-state index is 12.8. The van der Waals surface area contributed by atoms with Crippen LogP contribution in [0.4, 0.5) is 4.39 Å². The van der Waals surface area contributed by atoms with Crippen LogP contribution in [-0.4, -0.2) is 16.7 Å². The van der Waals surface area contributed by atoms with E-state index in [2.05, 4.69) is 17.1 Å². The van der Waals surface area contributed by atoms with Crippen LogP contribution in [0.25, 0.3) is 0 Å². The summed E-state index contributed by atoms with van der Waals surface area (Å²) in [5.74, 6) is 1.75. The highest BCUT2D eigenvalue weighted by Gasteiger charge is 2.16. The predicted molar refractivity (Wildman–Crippen MR) is 77.0 cm³/mol. The fourth-order valence-electron chi connectivity index (χ4n) is 1.86. The van der Waals surface area contributed by atoms with Gasteiger partial charge in [-0.15, -0.1) is 11.8 Å². The summed E-state index contributed by atoms with van der Waals surface area (Å²) < 4.78 is 18.1. The van der Waals surface area contributed by atoms with Crippen molar-refractivity contribution in [1.82, 2.24) is 10.1 Å². The zero-order chi connectivity index (χ0) is 14.4. The van der Waals surface area contributed by atoms with Crippen molar-refractivity contribution in [2.45, 2.75) is 36.3 Å². The van der Waals surface area contributed by atoms with Crippen molar-refractivity contribution >= 4 is 11.8 Å². The molecule has 0 saturated carbocycles. The predicted octanol–water partition coefficient (Wildman–Crippen LogP) is 3.34. The highest BCUT2D eigenvalue weighted by atomic mass is 32.2. The molecule has 1 heterocycles. The first-order valence-electron chi connectivity index (χ1n) is 6.63. The van der Waals surface area contributed by atoms with E-state index in [1.54, 1.807) is 23.9 Å². The lowest BCUT2D eigenvalue weighted by molar-refractivity contribution is 0.344. The molecule has 1 aromatic carbocycles. The minimum atomic E-state index is -0.235. The van der Waals surface area contributed by atoms with Gasteiger partial charge in [0.1, 0.15) is 5.82 Å². The molecule has 4 nitrogen and oxygen atoms in total. The zero-order valence-corrected chi connectivity index (χ0v) is 12.2.